The molecule has 4 fully saturated rings. The monoisotopic (exact) mass is 624 g/mol. The fourth-order valence-corrected chi connectivity index (χ4v) is 10.6. The number of halogens is 3. The molecular formula is C35H55F3N2O4. The van der Waals surface area contributed by atoms with Crippen LogP contribution in [0.25, 0.3) is 0 Å². The van der Waals surface area contributed by atoms with Crippen LogP contribution in [0.3, 0.4) is 0 Å². The summed E-state index contributed by atoms with van der Waals surface area (Å²) in [6.07, 6.45) is 8.10. The van der Waals surface area contributed by atoms with Crippen molar-refractivity contribution in [3.63, 3.8) is 0 Å². The van der Waals surface area contributed by atoms with Crippen LogP contribution in [0, 0.1) is 46.3 Å². The molecule has 1 aliphatic heterocycles. The van der Waals surface area contributed by atoms with E-state index in [9.17, 15) is 33.0 Å². The van der Waals surface area contributed by atoms with Gasteiger partial charge >= 0.3 is 6.18 Å². The molecule has 0 spiro atoms. The van der Waals surface area contributed by atoms with E-state index >= 15 is 0 Å². The van der Waals surface area contributed by atoms with Crippen LogP contribution in [0.5, 0.6) is 0 Å². The van der Waals surface area contributed by atoms with Crippen molar-refractivity contribution in [2.24, 2.45) is 46.3 Å². The molecule has 9 heteroatoms. The fourth-order valence-electron chi connectivity index (χ4n) is 10.6. The van der Waals surface area contributed by atoms with Gasteiger partial charge in [0.15, 0.2) is 0 Å². The minimum atomic E-state index is -4.63. The molecule has 5 rings (SSSR count). The number of hydrogen-bond donors (Lipinski definition) is 3. The van der Waals surface area contributed by atoms with Crippen LogP contribution in [0.2, 0.25) is 0 Å². The van der Waals surface area contributed by atoms with Gasteiger partial charge in [-0.1, -0.05) is 32.4 Å². The highest BCUT2D eigenvalue weighted by Crippen LogP contribution is 2.67. The molecule has 0 aromatic rings. The van der Waals surface area contributed by atoms with Crippen LogP contribution in [0.1, 0.15) is 112 Å². The summed E-state index contributed by atoms with van der Waals surface area (Å²) >= 11 is 0. The van der Waals surface area contributed by atoms with Crippen LogP contribution in [0.4, 0.5) is 13.2 Å². The number of piperidine rings is 1. The Morgan fingerprint density at radius 2 is 1.73 bits per heavy atom. The zero-order valence-electron chi connectivity index (χ0n) is 27.4. The van der Waals surface area contributed by atoms with Crippen molar-refractivity contribution in [2.45, 2.75) is 136 Å². The summed E-state index contributed by atoms with van der Waals surface area (Å²) in [4.78, 5) is 27.0. The molecule has 1 saturated heterocycles. The highest BCUT2D eigenvalue weighted by Gasteiger charge is 2.59. The van der Waals surface area contributed by atoms with E-state index in [-0.39, 0.29) is 48.8 Å². The van der Waals surface area contributed by atoms with Crippen LogP contribution < -0.4 is 5.32 Å². The average Bonchev–Trinajstić information content (AvgIpc) is 3.31. The summed E-state index contributed by atoms with van der Waals surface area (Å²) in [6.45, 7) is 10.1. The van der Waals surface area contributed by atoms with Crippen molar-refractivity contribution in [3.05, 3.63) is 11.6 Å². The van der Waals surface area contributed by atoms with Crippen LogP contribution in [0.15, 0.2) is 11.6 Å². The quantitative estimate of drug-likeness (QED) is 0.286. The number of alkyl halides is 3. The molecule has 2 unspecified atom stereocenters. The van der Waals surface area contributed by atoms with Crippen LogP contribution >= 0.6 is 0 Å². The number of allylic oxidation sites excluding steroid dienone is 1. The number of carbonyl (C=O) groups is 2. The average molecular weight is 625 g/mol. The van der Waals surface area contributed by atoms with E-state index in [0.717, 1.165) is 32.1 Å². The Balaban J connectivity index is 1.14. The second-order valence-electron chi connectivity index (χ2n) is 16.2. The Hall–Kier alpha value is -1.61. The molecule has 4 aliphatic carbocycles. The lowest BCUT2D eigenvalue weighted by Crippen LogP contribution is -2.57. The predicted molar refractivity (Wildman–Crippen MR) is 163 cm³/mol. The van der Waals surface area contributed by atoms with E-state index in [2.05, 4.69) is 26.8 Å². The summed E-state index contributed by atoms with van der Waals surface area (Å²) in [5.41, 5.74) is 0.104. The molecule has 1 heterocycles. The van der Waals surface area contributed by atoms with E-state index in [1.54, 1.807) is 4.90 Å². The smallest absolute Gasteiger partial charge is 0.393 e. The van der Waals surface area contributed by atoms with E-state index in [4.69, 9.17) is 0 Å². The Morgan fingerprint density at radius 3 is 2.36 bits per heavy atom. The Morgan fingerprint density at radius 1 is 1.05 bits per heavy atom. The number of rotatable bonds is 7. The third-order valence-corrected chi connectivity index (χ3v) is 13.2. The number of carbonyl (C=O) groups excluding carboxylic acids is 2. The number of amides is 2. The van der Waals surface area contributed by atoms with Crippen LogP contribution in [-0.2, 0) is 9.59 Å². The van der Waals surface area contributed by atoms with Crippen molar-refractivity contribution in [2.75, 3.05) is 13.1 Å². The van der Waals surface area contributed by atoms with Gasteiger partial charge in [0.2, 0.25) is 5.91 Å². The largest absolute Gasteiger partial charge is 0.408 e. The first-order valence-corrected chi connectivity index (χ1v) is 17.2. The van der Waals surface area contributed by atoms with Gasteiger partial charge in [0.05, 0.1) is 6.10 Å². The fraction of sp³-hybridized carbons (Fsp3) is 0.886. The molecule has 5 aliphatic rings. The second kappa shape index (κ2) is 12.2. The first-order valence-electron chi connectivity index (χ1n) is 17.2. The van der Waals surface area contributed by atoms with Gasteiger partial charge in [-0.05, 0) is 131 Å². The molecule has 3 N–H and O–H groups in total. The first-order chi connectivity index (χ1) is 20.4. The SMILES string of the molecule is CC(CCC(=O)N1CCC(C(NC(=O)C(C)(C)O)C(F)(F)F)CC1)[C@H]1CC[C@H]2[C@@H]3CC=C4C[C@@H](O)CC[C@]4(C)[C@H]3CC[C@]12C. The minimum Gasteiger partial charge on any atom is -0.393 e. The molecular weight excluding hydrogens is 569 g/mol. The van der Waals surface area contributed by atoms with Crippen molar-refractivity contribution >= 4 is 11.8 Å². The maximum atomic E-state index is 13.8. The number of nitrogens with zero attached hydrogens (tertiary/aromatic N) is 1. The zero-order valence-corrected chi connectivity index (χ0v) is 27.4. The predicted octanol–water partition coefficient (Wildman–Crippen LogP) is 6.40. The van der Waals surface area contributed by atoms with E-state index in [0.29, 0.717) is 36.0 Å². The van der Waals surface area contributed by atoms with Crippen molar-refractivity contribution in [1.82, 2.24) is 10.2 Å². The van der Waals surface area contributed by atoms with Crippen molar-refractivity contribution < 1.29 is 33.0 Å². The topological polar surface area (TPSA) is 89.9 Å². The highest BCUT2D eigenvalue weighted by molar-refractivity contribution is 5.84. The van der Waals surface area contributed by atoms with E-state index in [1.807, 2.05) is 5.32 Å². The number of fused-ring (bicyclic) bond motifs is 5. The third kappa shape index (κ3) is 6.34. The van der Waals surface area contributed by atoms with Crippen molar-refractivity contribution in [1.29, 1.82) is 0 Å². The lowest BCUT2D eigenvalue weighted by atomic mass is 9.47. The molecule has 6 nitrogen and oxygen atoms in total. The molecule has 0 bridgehead atoms. The number of aliphatic hydroxyl groups is 2. The Kier molecular flexibility index (Phi) is 9.36. The van der Waals surface area contributed by atoms with Gasteiger partial charge in [0.25, 0.3) is 5.91 Å². The third-order valence-electron chi connectivity index (χ3n) is 13.2. The maximum Gasteiger partial charge on any atom is 0.408 e. The summed E-state index contributed by atoms with van der Waals surface area (Å²) in [7, 11) is 0. The molecule has 0 aromatic carbocycles. The lowest BCUT2D eigenvalue weighted by Gasteiger charge is -2.58. The summed E-state index contributed by atoms with van der Waals surface area (Å²) < 4.78 is 41.5. The normalized spacial score (nSPS) is 37.7. The van der Waals surface area contributed by atoms with Gasteiger partial charge < -0.3 is 20.4 Å². The van der Waals surface area contributed by atoms with Crippen molar-refractivity contribution in [3.8, 4) is 0 Å². The molecule has 44 heavy (non-hydrogen) atoms. The maximum absolute atomic E-state index is 13.8. The number of hydrogen-bond acceptors (Lipinski definition) is 4. The standard InChI is InChI=1S/C35H55F3N2O4/c1-21(6-11-29(42)40-18-14-22(15-19-40)30(35(36,37)38)39-31(43)32(2,3)44)26-9-10-27-25-8-7-23-20-24(41)12-16-33(23,4)28(25)13-17-34(26,27)5/h7,21-22,24-28,30,41,44H,6,8-20H2,1-5H3,(H,39,43)/t21?,24-,25-,26+,27-,28-,30?,33-,34+/m0/s1. The lowest BCUT2D eigenvalue weighted by molar-refractivity contribution is -0.179. The molecule has 0 radical (unpaired) electrons. The van der Waals surface area contributed by atoms with Gasteiger partial charge in [0.1, 0.15) is 11.6 Å². The number of aliphatic hydroxyl groups excluding tert-OH is 1. The molecule has 0 aromatic heterocycles. The van der Waals surface area contributed by atoms with Gasteiger partial charge in [-0.15, -0.1) is 0 Å². The Labute approximate surface area is 261 Å². The summed E-state index contributed by atoms with van der Waals surface area (Å²) in [5, 5.41) is 22.2. The minimum absolute atomic E-state index is 0.0140. The van der Waals surface area contributed by atoms with Gasteiger partial charge in [-0.2, -0.15) is 13.2 Å². The zero-order chi connectivity index (χ0) is 32.2. The molecule has 3 saturated carbocycles. The molecule has 9 atom stereocenters. The highest BCUT2D eigenvalue weighted by atomic mass is 19.4. The first kappa shape index (κ1) is 33.7. The van der Waals surface area contributed by atoms with E-state index < -0.39 is 29.6 Å². The van der Waals surface area contributed by atoms with E-state index in [1.165, 1.54) is 45.1 Å². The second-order valence-corrected chi connectivity index (χ2v) is 16.2. The van der Waals surface area contributed by atoms with Gasteiger partial charge in [0, 0.05) is 19.5 Å². The summed E-state index contributed by atoms with van der Waals surface area (Å²) in [6, 6.07) is -2.04. The van der Waals surface area contributed by atoms with Gasteiger partial charge in [-0.3, -0.25) is 9.59 Å². The van der Waals surface area contributed by atoms with Crippen LogP contribution in [-0.4, -0.2) is 63.9 Å². The Bertz CT molecular complexity index is 1110. The molecule has 250 valence electrons. The number of likely N-dealkylation sites (tertiary alicyclic amines) is 1. The summed E-state index contributed by atoms with van der Waals surface area (Å²) in [5.74, 6) is 1.22. The molecule has 2 amide bonds. The van der Waals surface area contributed by atoms with Gasteiger partial charge in [-0.25, -0.2) is 0 Å². The number of nitrogens with one attached hydrogen (secondary N) is 1.